The zero-order valence-corrected chi connectivity index (χ0v) is 20.7. The average molecular weight is 467 g/mol. The van der Waals surface area contributed by atoms with E-state index in [0.717, 1.165) is 17.5 Å². The quantitative estimate of drug-likeness (QED) is 0.404. The van der Waals surface area contributed by atoms with Crippen LogP contribution >= 0.6 is 0 Å². The number of carbonyl (C=O) groups excluding carboxylic acids is 2. The first-order valence-corrected chi connectivity index (χ1v) is 12.1. The van der Waals surface area contributed by atoms with Gasteiger partial charge in [-0.25, -0.2) is 0 Å². The van der Waals surface area contributed by atoms with Crippen LogP contribution in [0.5, 0.6) is 0 Å². The maximum atomic E-state index is 13.5. The minimum absolute atomic E-state index is 0.367. The molecule has 184 valence electrons. The number of rotatable bonds is 10. The van der Waals surface area contributed by atoms with Crippen molar-refractivity contribution < 1.29 is 19.8 Å². The van der Waals surface area contributed by atoms with E-state index in [1.807, 2.05) is 60.7 Å². The molecule has 0 spiro atoms. The predicted molar refractivity (Wildman–Crippen MR) is 133 cm³/mol. The van der Waals surface area contributed by atoms with Gasteiger partial charge in [-0.3, -0.25) is 9.59 Å². The van der Waals surface area contributed by atoms with Gasteiger partial charge in [0.2, 0.25) is 11.8 Å². The van der Waals surface area contributed by atoms with Crippen LogP contribution < -0.4 is 10.6 Å². The summed E-state index contributed by atoms with van der Waals surface area (Å²) >= 11 is 0. The molecule has 4 N–H and O–H groups in total. The molecule has 1 aliphatic rings. The highest BCUT2D eigenvalue weighted by atomic mass is 16.3. The van der Waals surface area contributed by atoms with E-state index < -0.39 is 28.7 Å². The summed E-state index contributed by atoms with van der Waals surface area (Å²) in [5.74, 6) is -0.734. The summed E-state index contributed by atoms with van der Waals surface area (Å²) in [4.78, 5) is 27.0. The molecule has 0 heterocycles. The van der Waals surface area contributed by atoms with Crippen molar-refractivity contribution in [3.63, 3.8) is 0 Å². The Bertz CT molecular complexity index is 882. The summed E-state index contributed by atoms with van der Waals surface area (Å²) in [6.45, 7) is 6.66. The number of benzene rings is 2. The lowest BCUT2D eigenvalue weighted by atomic mass is 9.66. The third-order valence-electron chi connectivity index (χ3n) is 6.96. The van der Waals surface area contributed by atoms with Gasteiger partial charge >= 0.3 is 0 Å². The van der Waals surface area contributed by atoms with Gasteiger partial charge < -0.3 is 20.8 Å². The molecule has 1 saturated carbocycles. The maximum absolute atomic E-state index is 13.5. The van der Waals surface area contributed by atoms with E-state index in [0.29, 0.717) is 25.7 Å². The summed E-state index contributed by atoms with van der Waals surface area (Å²) in [5, 5.41) is 27.5. The largest absolute Gasteiger partial charge is 0.388 e. The Balaban J connectivity index is 1.76. The molecule has 2 amide bonds. The first-order valence-electron chi connectivity index (χ1n) is 12.1. The van der Waals surface area contributed by atoms with Gasteiger partial charge in [0, 0.05) is 0 Å². The lowest BCUT2D eigenvalue weighted by Crippen LogP contribution is -2.63. The molecule has 6 nitrogen and oxygen atoms in total. The van der Waals surface area contributed by atoms with E-state index in [1.54, 1.807) is 27.7 Å². The molecule has 34 heavy (non-hydrogen) atoms. The predicted octanol–water partition coefficient (Wildman–Crippen LogP) is 3.15. The maximum Gasteiger partial charge on any atom is 0.236 e. The van der Waals surface area contributed by atoms with Crippen molar-refractivity contribution in [1.29, 1.82) is 0 Å². The fraction of sp³-hybridized carbons (Fsp3) is 0.500. The van der Waals surface area contributed by atoms with E-state index in [-0.39, 0.29) is 11.8 Å². The van der Waals surface area contributed by atoms with E-state index in [9.17, 15) is 19.8 Å². The zero-order chi connectivity index (χ0) is 25.0. The van der Waals surface area contributed by atoms with Gasteiger partial charge in [-0.15, -0.1) is 0 Å². The van der Waals surface area contributed by atoms with Crippen LogP contribution in [0.2, 0.25) is 0 Å². The molecule has 0 radical (unpaired) electrons. The number of aliphatic hydroxyl groups is 2. The van der Waals surface area contributed by atoms with Crippen molar-refractivity contribution in [3.8, 4) is 0 Å². The van der Waals surface area contributed by atoms with Crippen molar-refractivity contribution >= 4 is 11.8 Å². The van der Waals surface area contributed by atoms with Crippen LogP contribution in [-0.2, 0) is 22.4 Å². The van der Waals surface area contributed by atoms with Gasteiger partial charge in [-0.1, -0.05) is 67.1 Å². The molecule has 0 saturated heterocycles. The van der Waals surface area contributed by atoms with Gasteiger partial charge in [-0.05, 0) is 64.5 Å². The highest BCUT2D eigenvalue weighted by Gasteiger charge is 2.52. The molecule has 2 atom stereocenters. The van der Waals surface area contributed by atoms with Crippen molar-refractivity contribution in [2.24, 2.45) is 5.41 Å². The second-order valence-electron chi connectivity index (χ2n) is 10.7. The SMILES string of the molecule is CC(C)(O)[C@@H](Cc1ccccc1)NC(=O)C1(C(=O)N[C@H](Cc2ccccc2)C(C)(C)O)CCC1. The van der Waals surface area contributed by atoms with Gasteiger partial charge in [-0.2, -0.15) is 0 Å². The van der Waals surface area contributed by atoms with E-state index >= 15 is 0 Å². The fourth-order valence-corrected chi connectivity index (χ4v) is 4.33. The van der Waals surface area contributed by atoms with Crippen LogP contribution in [0.4, 0.5) is 0 Å². The number of nitrogens with one attached hydrogen (secondary N) is 2. The highest BCUT2D eigenvalue weighted by Crippen LogP contribution is 2.42. The molecule has 0 aromatic heterocycles. The lowest BCUT2D eigenvalue weighted by Gasteiger charge is -2.43. The monoisotopic (exact) mass is 466 g/mol. The minimum Gasteiger partial charge on any atom is -0.388 e. The van der Waals surface area contributed by atoms with E-state index in [2.05, 4.69) is 10.6 Å². The molecule has 2 aromatic rings. The molecular weight excluding hydrogens is 428 g/mol. The van der Waals surface area contributed by atoms with Gasteiger partial charge in [0.25, 0.3) is 0 Å². The van der Waals surface area contributed by atoms with Crippen LogP contribution in [-0.4, -0.2) is 45.3 Å². The Labute approximate surface area is 202 Å². The fourth-order valence-electron chi connectivity index (χ4n) is 4.33. The van der Waals surface area contributed by atoms with Gasteiger partial charge in [0.15, 0.2) is 0 Å². The Morgan fingerprint density at radius 3 is 1.38 bits per heavy atom. The van der Waals surface area contributed by atoms with Gasteiger partial charge in [0.05, 0.1) is 23.3 Å². The number of amides is 2. The second-order valence-corrected chi connectivity index (χ2v) is 10.7. The smallest absolute Gasteiger partial charge is 0.236 e. The summed E-state index contributed by atoms with van der Waals surface area (Å²) in [6.07, 6.45) is 2.57. The molecule has 1 fully saturated rings. The zero-order valence-electron chi connectivity index (χ0n) is 20.7. The normalized spacial score (nSPS) is 17.2. The standard InChI is InChI=1S/C28H38N2O4/c1-26(2,33)22(18-20-12-7-5-8-13-20)29-24(31)28(16-11-17-28)25(32)30-23(27(3,4)34)19-21-14-9-6-10-15-21/h5-10,12-15,22-23,33-34H,11,16-19H2,1-4H3,(H,29,31)(H,30,32)/t22-,23-/m1/s1. The molecule has 0 aliphatic heterocycles. The van der Waals surface area contributed by atoms with Gasteiger partial charge in [0.1, 0.15) is 5.41 Å². The van der Waals surface area contributed by atoms with E-state index in [4.69, 9.17) is 0 Å². The van der Waals surface area contributed by atoms with Crippen LogP contribution in [0, 0.1) is 5.41 Å². The Morgan fingerprint density at radius 1 is 0.765 bits per heavy atom. The topological polar surface area (TPSA) is 98.7 Å². The molecular formula is C28H38N2O4. The minimum atomic E-state index is -1.19. The van der Waals surface area contributed by atoms with Crippen molar-refractivity contribution in [3.05, 3.63) is 71.8 Å². The van der Waals surface area contributed by atoms with Crippen molar-refractivity contribution in [2.75, 3.05) is 0 Å². The first-order chi connectivity index (χ1) is 15.9. The summed E-state index contributed by atoms with van der Waals surface area (Å²) in [6, 6.07) is 18.2. The molecule has 0 unspecified atom stereocenters. The Kier molecular flexibility index (Phi) is 7.84. The molecule has 1 aliphatic carbocycles. The van der Waals surface area contributed by atoms with Crippen molar-refractivity contribution in [1.82, 2.24) is 10.6 Å². The van der Waals surface area contributed by atoms with Crippen LogP contribution in [0.3, 0.4) is 0 Å². The summed E-state index contributed by atoms with van der Waals surface area (Å²) < 4.78 is 0. The van der Waals surface area contributed by atoms with Crippen LogP contribution in [0.1, 0.15) is 58.1 Å². The number of hydrogen-bond donors (Lipinski definition) is 4. The van der Waals surface area contributed by atoms with Crippen molar-refractivity contribution in [2.45, 2.75) is 83.1 Å². The Morgan fingerprint density at radius 2 is 1.12 bits per heavy atom. The Hall–Kier alpha value is -2.70. The van der Waals surface area contributed by atoms with Crippen LogP contribution in [0.25, 0.3) is 0 Å². The van der Waals surface area contributed by atoms with E-state index in [1.165, 1.54) is 0 Å². The number of carbonyl (C=O) groups is 2. The first kappa shape index (κ1) is 25.9. The second kappa shape index (κ2) is 10.3. The van der Waals surface area contributed by atoms with Crippen LogP contribution in [0.15, 0.2) is 60.7 Å². The average Bonchev–Trinajstić information content (AvgIpc) is 2.72. The summed E-state index contributed by atoms with van der Waals surface area (Å²) in [5.41, 5.74) is -1.55. The molecule has 3 rings (SSSR count). The third kappa shape index (κ3) is 6.24. The number of hydrogen-bond acceptors (Lipinski definition) is 4. The third-order valence-corrected chi connectivity index (χ3v) is 6.96. The molecule has 6 heteroatoms. The molecule has 0 bridgehead atoms. The highest BCUT2D eigenvalue weighted by molar-refractivity contribution is 6.06. The summed E-state index contributed by atoms with van der Waals surface area (Å²) in [7, 11) is 0. The lowest BCUT2D eigenvalue weighted by molar-refractivity contribution is -0.152. The molecule has 2 aromatic carbocycles.